The fraction of sp³-hybridized carbons (Fsp3) is 0.467. The Morgan fingerprint density at radius 1 is 1.24 bits per heavy atom. The van der Waals surface area contributed by atoms with Crippen molar-refractivity contribution in [3.8, 4) is 0 Å². The van der Waals surface area contributed by atoms with Crippen LogP contribution in [0.2, 0.25) is 0 Å². The first kappa shape index (κ1) is 14.4. The van der Waals surface area contributed by atoms with E-state index in [1.807, 2.05) is 12.1 Å². The molecule has 112 valence electrons. The molecule has 2 heterocycles. The topological polar surface area (TPSA) is 67.4 Å². The van der Waals surface area contributed by atoms with Crippen molar-refractivity contribution in [3.05, 3.63) is 23.8 Å². The zero-order chi connectivity index (χ0) is 14.8. The SMILES string of the molecule is O=C1CC(=O)Nc2cc(C(Cl)CC3CCCO3)ccc2N1. The molecule has 1 fully saturated rings. The van der Waals surface area contributed by atoms with Crippen LogP contribution in [0, 0.1) is 0 Å². The highest BCUT2D eigenvalue weighted by atomic mass is 35.5. The van der Waals surface area contributed by atoms with E-state index in [-0.39, 0.29) is 29.7 Å². The van der Waals surface area contributed by atoms with Crippen molar-refractivity contribution in [3.63, 3.8) is 0 Å². The summed E-state index contributed by atoms with van der Waals surface area (Å²) < 4.78 is 5.60. The number of nitrogens with one attached hydrogen (secondary N) is 2. The maximum absolute atomic E-state index is 11.6. The smallest absolute Gasteiger partial charge is 0.233 e. The number of fused-ring (bicyclic) bond motifs is 1. The van der Waals surface area contributed by atoms with Gasteiger partial charge in [0.15, 0.2) is 0 Å². The Morgan fingerprint density at radius 2 is 2.00 bits per heavy atom. The first-order chi connectivity index (χ1) is 10.1. The highest BCUT2D eigenvalue weighted by Crippen LogP contribution is 2.34. The summed E-state index contributed by atoms with van der Waals surface area (Å²) in [7, 11) is 0. The van der Waals surface area contributed by atoms with E-state index in [4.69, 9.17) is 16.3 Å². The van der Waals surface area contributed by atoms with Gasteiger partial charge in [-0.2, -0.15) is 0 Å². The molecule has 0 bridgehead atoms. The number of rotatable bonds is 3. The summed E-state index contributed by atoms with van der Waals surface area (Å²) in [5.41, 5.74) is 2.12. The summed E-state index contributed by atoms with van der Waals surface area (Å²) in [6.07, 6.45) is 2.92. The van der Waals surface area contributed by atoms with Gasteiger partial charge in [-0.3, -0.25) is 9.59 Å². The lowest BCUT2D eigenvalue weighted by molar-refractivity contribution is -0.123. The van der Waals surface area contributed by atoms with Crippen LogP contribution in [-0.4, -0.2) is 24.5 Å². The van der Waals surface area contributed by atoms with Crippen molar-refractivity contribution in [2.45, 2.75) is 37.2 Å². The van der Waals surface area contributed by atoms with Crippen LogP contribution in [0.4, 0.5) is 11.4 Å². The number of anilines is 2. The zero-order valence-electron chi connectivity index (χ0n) is 11.5. The van der Waals surface area contributed by atoms with Gasteiger partial charge in [0.2, 0.25) is 11.8 Å². The molecule has 2 atom stereocenters. The third-order valence-corrected chi connectivity index (χ3v) is 4.20. The van der Waals surface area contributed by atoms with Gasteiger partial charge in [-0.05, 0) is 37.0 Å². The Labute approximate surface area is 128 Å². The maximum Gasteiger partial charge on any atom is 0.233 e. The number of benzene rings is 1. The van der Waals surface area contributed by atoms with Crippen molar-refractivity contribution in [2.24, 2.45) is 0 Å². The molecular weight excluding hydrogens is 292 g/mol. The molecule has 0 radical (unpaired) electrons. The van der Waals surface area contributed by atoms with Crippen LogP contribution in [0.3, 0.4) is 0 Å². The van der Waals surface area contributed by atoms with E-state index in [1.54, 1.807) is 6.07 Å². The number of hydrogen-bond donors (Lipinski definition) is 2. The largest absolute Gasteiger partial charge is 0.378 e. The lowest BCUT2D eigenvalue weighted by Crippen LogP contribution is -2.16. The van der Waals surface area contributed by atoms with Crippen LogP contribution in [0.1, 0.15) is 36.6 Å². The van der Waals surface area contributed by atoms with Crippen LogP contribution in [0.5, 0.6) is 0 Å². The minimum Gasteiger partial charge on any atom is -0.378 e. The minimum absolute atomic E-state index is 0.162. The lowest BCUT2D eigenvalue weighted by Gasteiger charge is -2.16. The second kappa shape index (κ2) is 6.03. The van der Waals surface area contributed by atoms with Gasteiger partial charge < -0.3 is 15.4 Å². The molecule has 0 aromatic heterocycles. The molecule has 0 saturated carbocycles. The van der Waals surface area contributed by atoms with Crippen LogP contribution < -0.4 is 10.6 Å². The predicted molar refractivity (Wildman–Crippen MR) is 80.5 cm³/mol. The van der Waals surface area contributed by atoms with Crippen molar-refractivity contribution < 1.29 is 14.3 Å². The number of hydrogen-bond acceptors (Lipinski definition) is 3. The second-order valence-corrected chi connectivity index (χ2v) is 5.94. The van der Waals surface area contributed by atoms with E-state index < -0.39 is 0 Å². The molecule has 0 spiro atoms. The first-order valence-corrected chi connectivity index (χ1v) is 7.55. The predicted octanol–water partition coefficient (Wildman–Crippen LogP) is 2.82. The lowest BCUT2D eigenvalue weighted by atomic mass is 10.0. The van der Waals surface area contributed by atoms with Crippen molar-refractivity contribution in [1.82, 2.24) is 0 Å². The average molecular weight is 309 g/mol. The normalized spacial score (nSPS) is 23.0. The van der Waals surface area contributed by atoms with Crippen LogP contribution >= 0.6 is 11.6 Å². The second-order valence-electron chi connectivity index (χ2n) is 5.42. The van der Waals surface area contributed by atoms with E-state index >= 15 is 0 Å². The van der Waals surface area contributed by atoms with Gasteiger partial charge in [-0.1, -0.05) is 6.07 Å². The minimum atomic E-state index is -0.311. The molecular formula is C15H17ClN2O3. The molecule has 2 aliphatic heterocycles. The molecule has 6 heteroatoms. The molecule has 1 aromatic carbocycles. The molecule has 3 rings (SSSR count). The quantitative estimate of drug-likeness (QED) is 0.666. The zero-order valence-corrected chi connectivity index (χ0v) is 12.3. The van der Waals surface area contributed by atoms with Crippen LogP contribution in [-0.2, 0) is 14.3 Å². The van der Waals surface area contributed by atoms with E-state index in [9.17, 15) is 9.59 Å². The summed E-state index contributed by atoms with van der Waals surface area (Å²) >= 11 is 6.45. The number of carbonyl (C=O) groups excluding carboxylic acids is 2. The Bertz CT molecular complexity index is 570. The Kier molecular flexibility index (Phi) is 4.12. The monoisotopic (exact) mass is 308 g/mol. The number of halogens is 1. The van der Waals surface area contributed by atoms with E-state index in [1.165, 1.54) is 0 Å². The summed E-state index contributed by atoms with van der Waals surface area (Å²) in [4.78, 5) is 23.1. The number of ether oxygens (including phenoxy) is 1. The fourth-order valence-electron chi connectivity index (χ4n) is 2.70. The van der Waals surface area contributed by atoms with E-state index in [0.717, 1.165) is 31.4 Å². The Balaban J connectivity index is 1.78. The Hall–Kier alpha value is -1.59. The van der Waals surface area contributed by atoms with E-state index in [0.29, 0.717) is 11.4 Å². The molecule has 2 N–H and O–H groups in total. The van der Waals surface area contributed by atoms with Gasteiger partial charge in [0, 0.05) is 6.61 Å². The number of amides is 2. The molecule has 5 nitrogen and oxygen atoms in total. The molecule has 1 saturated heterocycles. The van der Waals surface area contributed by atoms with Crippen molar-refractivity contribution >= 4 is 34.8 Å². The van der Waals surface area contributed by atoms with Crippen molar-refractivity contribution in [1.29, 1.82) is 0 Å². The molecule has 2 aliphatic rings. The first-order valence-electron chi connectivity index (χ1n) is 7.11. The van der Waals surface area contributed by atoms with Crippen LogP contribution in [0.15, 0.2) is 18.2 Å². The van der Waals surface area contributed by atoms with Gasteiger partial charge >= 0.3 is 0 Å². The van der Waals surface area contributed by atoms with Crippen molar-refractivity contribution in [2.75, 3.05) is 17.2 Å². The highest BCUT2D eigenvalue weighted by molar-refractivity contribution is 6.21. The number of alkyl halides is 1. The molecule has 0 aliphatic carbocycles. The maximum atomic E-state index is 11.6. The van der Waals surface area contributed by atoms with Gasteiger partial charge in [0.25, 0.3) is 0 Å². The van der Waals surface area contributed by atoms with Gasteiger partial charge in [0.05, 0.1) is 22.9 Å². The summed E-state index contributed by atoms with van der Waals surface area (Å²) in [6.45, 7) is 0.806. The van der Waals surface area contributed by atoms with Gasteiger partial charge in [-0.25, -0.2) is 0 Å². The summed E-state index contributed by atoms with van der Waals surface area (Å²) in [5.74, 6) is -0.616. The van der Waals surface area contributed by atoms with Gasteiger partial charge in [0.1, 0.15) is 6.42 Å². The average Bonchev–Trinajstić information content (AvgIpc) is 2.87. The third kappa shape index (κ3) is 3.36. The highest BCUT2D eigenvalue weighted by Gasteiger charge is 2.23. The Morgan fingerprint density at radius 3 is 2.71 bits per heavy atom. The van der Waals surface area contributed by atoms with E-state index in [2.05, 4.69) is 10.6 Å². The number of carbonyl (C=O) groups is 2. The standard InChI is InChI=1S/C15H17ClN2O3/c16-11(7-10-2-1-5-21-10)9-3-4-12-13(6-9)18-15(20)8-14(19)17-12/h3-4,6,10-11H,1-2,5,7-8H2,(H,17,19)(H,18,20). The van der Waals surface area contributed by atoms with Crippen LogP contribution in [0.25, 0.3) is 0 Å². The molecule has 1 aromatic rings. The molecule has 21 heavy (non-hydrogen) atoms. The molecule has 2 unspecified atom stereocenters. The summed E-state index contributed by atoms with van der Waals surface area (Å²) in [6, 6.07) is 5.48. The fourth-order valence-corrected chi connectivity index (χ4v) is 3.04. The molecule has 2 amide bonds. The summed E-state index contributed by atoms with van der Waals surface area (Å²) in [5, 5.41) is 5.26. The third-order valence-electron chi connectivity index (χ3n) is 3.77. The van der Waals surface area contributed by atoms with Gasteiger partial charge in [-0.15, -0.1) is 11.6 Å².